The van der Waals surface area contributed by atoms with Gasteiger partial charge in [-0.2, -0.15) is 0 Å². The van der Waals surface area contributed by atoms with Gasteiger partial charge in [-0.1, -0.05) is 49.4 Å². The maximum Gasteiger partial charge on any atom is 0.322 e. The minimum Gasteiger partial charge on any atom is -0.351 e. The topological polar surface area (TPSA) is 50.8 Å². The lowest BCUT2D eigenvalue weighted by molar-refractivity contribution is -0.142. The Morgan fingerprint density at radius 3 is 2.14 bits per heavy atom. The average molecular weight is 385 g/mol. The summed E-state index contributed by atoms with van der Waals surface area (Å²) >= 11 is 0. The molecule has 0 unspecified atom stereocenters. The maximum atomic E-state index is 12.9. The van der Waals surface area contributed by atoms with E-state index < -0.39 is 6.29 Å². The van der Waals surface area contributed by atoms with Gasteiger partial charge in [0.05, 0.1) is 6.54 Å². The molecule has 2 rings (SSSR count). The first-order valence-corrected chi connectivity index (χ1v) is 10.1. The Morgan fingerprint density at radius 2 is 1.57 bits per heavy atom. The highest BCUT2D eigenvalue weighted by molar-refractivity contribution is 5.89. The zero-order valence-corrected chi connectivity index (χ0v) is 17.2. The highest BCUT2D eigenvalue weighted by Crippen LogP contribution is 2.12. The van der Waals surface area contributed by atoms with Crippen molar-refractivity contribution in [1.82, 2.24) is 4.90 Å². The van der Waals surface area contributed by atoms with Crippen LogP contribution in [0.4, 0.5) is 10.5 Å². The van der Waals surface area contributed by atoms with Crippen molar-refractivity contribution in [1.29, 1.82) is 0 Å². The highest BCUT2D eigenvalue weighted by Gasteiger charge is 2.20. The third-order valence-electron chi connectivity index (χ3n) is 4.49. The van der Waals surface area contributed by atoms with Crippen LogP contribution in [0.3, 0.4) is 0 Å². The predicted octanol–water partition coefficient (Wildman–Crippen LogP) is 4.72. The molecule has 0 heterocycles. The minimum absolute atomic E-state index is 0.149. The molecule has 5 heteroatoms. The number of urea groups is 1. The number of carbonyl (C=O) groups is 1. The summed E-state index contributed by atoms with van der Waals surface area (Å²) in [4.78, 5) is 14.7. The average Bonchev–Trinajstić information content (AvgIpc) is 2.72. The van der Waals surface area contributed by atoms with Gasteiger partial charge in [-0.15, -0.1) is 0 Å². The first kappa shape index (κ1) is 21.9. The summed E-state index contributed by atoms with van der Waals surface area (Å²) in [5, 5.41) is 3.00. The van der Waals surface area contributed by atoms with Gasteiger partial charge in [0.15, 0.2) is 6.29 Å². The smallest absolute Gasteiger partial charge is 0.322 e. The van der Waals surface area contributed by atoms with E-state index in [1.807, 2.05) is 56.3 Å². The Labute approximate surface area is 168 Å². The van der Waals surface area contributed by atoms with Crippen molar-refractivity contribution in [2.24, 2.45) is 0 Å². The number of amides is 2. The number of carbonyl (C=O) groups excluding carboxylic acids is 1. The third-order valence-corrected chi connectivity index (χ3v) is 4.49. The highest BCUT2D eigenvalue weighted by atomic mass is 16.7. The van der Waals surface area contributed by atoms with E-state index in [1.54, 1.807) is 4.90 Å². The molecule has 0 fully saturated rings. The minimum atomic E-state index is -0.431. The monoisotopic (exact) mass is 384 g/mol. The number of rotatable bonds is 11. The Kier molecular flexibility index (Phi) is 9.52. The van der Waals surface area contributed by atoms with E-state index in [1.165, 1.54) is 11.1 Å². The molecule has 0 saturated carbocycles. The molecular formula is C23H32N2O3. The maximum absolute atomic E-state index is 12.9. The lowest BCUT2D eigenvalue weighted by Crippen LogP contribution is -2.43. The fraction of sp³-hybridized carbons (Fsp3) is 0.435. The summed E-state index contributed by atoms with van der Waals surface area (Å²) in [6.07, 6.45) is 1.31. The van der Waals surface area contributed by atoms with E-state index in [4.69, 9.17) is 9.47 Å². The van der Waals surface area contributed by atoms with Crippen LogP contribution in [0.5, 0.6) is 0 Å². The van der Waals surface area contributed by atoms with Gasteiger partial charge in [0.25, 0.3) is 0 Å². The molecule has 0 aromatic heterocycles. The van der Waals surface area contributed by atoms with Crippen LogP contribution in [0, 0.1) is 0 Å². The van der Waals surface area contributed by atoms with Gasteiger partial charge in [-0.25, -0.2) is 4.79 Å². The van der Waals surface area contributed by atoms with Crippen LogP contribution in [0.25, 0.3) is 0 Å². The summed E-state index contributed by atoms with van der Waals surface area (Å²) in [7, 11) is 0. The number of benzene rings is 2. The first-order chi connectivity index (χ1) is 13.7. The Bertz CT molecular complexity index is 683. The lowest BCUT2D eigenvalue weighted by atomic mass is 10.1. The second-order valence-corrected chi connectivity index (χ2v) is 6.50. The summed E-state index contributed by atoms with van der Waals surface area (Å²) < 4.78 is 11.3. The van der Waals surface area contributed by atoms with Crippen LogP contribution in [-0.4, -0.2) is 43.5 Å². The molecule has 28 heavy (non-hydrogen) atoms. The second-order valence-electron chi connectivity index (χ2n) is 6.50. The molecule has 0 radical (unpaired) electrons. The van der Waals surface area contributed by atoms with Gasteiger partial charge in [-0.05, 0) is 49.9 Å². The Hall–Kier alpha value is -2.37. The van der Waals surface area contributed by atoms with Crippen molar-refractivity contribution >= 4 is 11.7 Å². The predicted molar refractivity (Wildman–Crippen MR) is 114 cm³/mol. The third kappa shape index (κ3) is 7.33. The van der Waals surface area contributed by atoms with E-state index in [9.17, 15) is 4.79 Å². The molecular weight excluding hydrogens is 352 g/mol. The fourth-order valence-electron chi connectivity index (χ4n) is 2.92. The number of nitrogens with one attached hydrogen (secondary N) is 1. The number of nitrogens with zero attached hydrogens (tertiary/aromatic N) is 1. The summed E-state index contributed by atoms with van der Waals surface area (Å²) in [6.45, 7) is 8.01. The molecule has 5 nitrogen and oxygen atoms in total. The van der Waals surface area contributed by atoms with Crippen molar-refractivity contribution in [3.8, 4) is 0 Å². The zero-order valence-electron chi connectivity index (χ0n) is 17.2. The molecule has 2 amide bonds. The molecule has 0 aliphatic carbocycles. The molecule has 2 aromatic rings. The van der Waals surface area contributed by atoms with Crippen molar-refractivity contribution in [2.45, 2.75) is 39.9 Å². The van der Waals surface area contributed by atoms with Gasteiger partial charge < -0.3 is 19.7 Å². The Morgan fingerprint density at radius 1 is 0.929 bits per heavy atom. The fourth-order valence-corrected chi connectivity index (χ4v) is 2.92. The second kappa shape index (κ2) is 12.2. The largest absolute Gasteiger partial charge is 0.351 e. The number of hydrogen-bond acceptors (Lipinski definition) is 3. The van der Waals surface area contributed by atoms with Gasteiger partial charge in [0, 0.05) is 25.4 Å². The quantitative estimate of drug-likeness (QED) is 0.570. The van der Waals surface area contributed by atoms with Crippen LogP contribution in [0.2, 0.25) is 0 Å². The molecule has 0 aliphatic heterocycles. The van der Waals surface area contributed by atoms with Crippen molar-refractivity contribution in [3.63, 3.8) is 0 Å². The van der Waals surface area contributed by atoms with Crippen LogP contribution >= 0.6 is 0 Å². The molecule has 0 saturated heterocycles. The van der Waals surface area contributed by atoms with Crippen LogP contribution in [-0.2, 0) is 22.3 Å². The van der Waals surface area contributed by atoms with E-state index >= 15 is 0 Å². The molecule has 152 valence electrons. The molecule has 0 aliphatic rings. The number of aryl methyl sites for hydroxylation is 1. The molecule has 0 atom stereocenters. The van der Waals surface area contributed by atoms with E-state index in [0.717, 1.165) is 18.5 Å². The number of anilines is 1. The number of ether oxygens (including phenoxy) is 2. The van der Waals surface area contributed by atoms with Crippen LogP contribution in [0.1, 0.15) is 31.9 Å². The molecule has 0 bridgehead atoms. The molecule has 0 spiro atoms. The van der Waals surface area contributed by atoms with Gasteiger partial charge in [-0.3, -0.25) is 0 Å². The van der Waals surface area contributed by atoms with Crippen molar-refractivity contribution in [3.05, 3.63) is 65.7 Å². The van der Waals surface area contributed by atoms with E-state index in [2.05, 4.69) is 24.4 Å². The summed E-state index contributed by atoms with van der Waals surface area (Å²) in [5.41, 5.74) is 3.22. The van der Waals surface area contributed by atoms with E-state index in [-0.39, 0.29) is 6.03 Å². The summed E-state index contributed by atoms with van der Waals surface area (Å²) in [6, 6.07) is 18.0. The first-order valence-electron chi connectivity index (χ1n) is 10.1. The van der Waals surface area contributed by atoms with Crippen LogP contribution in [0.15, 0.2) is 54.6 Å². The normalized spacial score (nSPS) is 10.9. The Balaban J connectivity index is 2.06. The molecule has 2 aromatic carbocycles. The van der Waals surface area contributed by atoms with Crippen molar-refractivity contribution < 1.29 is 14.3 Å². The molecule has 1 N–H and O–H groups in total. The van der Waals surface area contributed by atoms with Gasteiger partial charge in [0.2, 0.25) is 0 Å². The van der Waals surface area contributed by atoms with Gasteiger partial charge >= 0.3 is 6.03 Å². The lowest BCUT2D eigenvalue weighted by Gasteiger charge is -2.27. The van der Waals surface area contributed by atoms with Crippen LogP contribution < -0.4 is 5.32 Å². The van der Waals surface area contributed by atoms with Crippen molar-refractivity contribution in [2.75, 3.05) is 31.6 Å². The standard InChI is InChI=1S/C23H32N2O3/c1-4-19-12-14-21(15-13-19)24-23(26)25(18-22(27-5-2)28-6-3)17-16-20-10-8-7-9-11-20/h7-15,22H,4-6,16-18H2,1-3H3,(H,24,26). The van der Waals surface area contributed by atoms with E-state index in [0.29, 0.717) is 26.3 Å². The zero-order chi connectivity index (χ0) is 20.2. The number of hydrogen-bond donors (Lipinski definition) is 1. The SMILES string of the molecule is CCOC(CN(CCc1ccccc1)C(=O)Nc1ccc(CC)cc1)OCC. The summed E-state index contributed by atoms with van der Waals surface area (Å²) in [5.74, 6) is 0. The van der Waals surface area contributed by atoms with Gasteiger partial charge in [0.1, 0.15) is 0 Å².